The zero-order chi connectivity index (χ0) is 14.7. The van der Waals surface area contributed by atoms with Crippen LogP contribution in [0.5, 0.6) is 0 Å². The number of thioether (sulfide) groups is 1. The average molecular weight is 320 g/mol. The highest BCUT2D eigenvalue weighted by molar-refractivity contribution is 8.00. The van der Waals surface area contributed by atoms with E-state index in [0.717, 1.165) is 33.5 Å². The lowest BCUT2D eigenvalue weighted by Gasteiger charge is -2.12. The lowest BCUT2D eigenvalue weighted by molar-refractivity contribution is -0.119. The predicted octanol–water partition coefficient (Wildman–Crippen LogP) is 4.64. The third kappa shape index (κ3) is 3.53. The van der Waals surface area contributed by atoms with Gasteiger partial charge in [0.2, 0.25) is 5.91 Å². The Morgan fingerprint density at radius 2 is 1.90 bits per heavy atom. The smallest absolute Gasteiger partial charge is 0.230 e. The molecule has 0 saturated heterocycles. The van der Waals surface area contributed by atoms with E-state index in [9.17, 15) is 4.79 Å². The molecule has 0 bridgehead atoms. The van der Waals surface area contributed by atoms with Crippen LogP contribution in [0.4, 0.5) is 0 Å². The first-order valence-corrected chi connectivity index (χ1v) is 8.70. The van der Waals surface area contributed by atoms with Crippen LogP contribution in [0.3, 0.4) is 0 Å². The van der Waals surface area contributed by atoms with E-state index in [4.69, 9.17) is 11.6 Å². The molecule has 0 radical (unpaired) electrons. The van der Waals surface area contributed by atoms with Crippen LogP contribution in [0.25, 0.3) is 10.8 Å². The SMILES string of the molecule is O=C(CSc1cccc2cccc(Cl)c12)NC1CCCC1. The molecular weight excluding hydrogens is 302 g/mol. The fourth-order valence-corrected chi connectivity index (χ4v) is 4.12. The summed E-state index contributed by atoms with van der Waals surface area (Å²) < 4.78 is 0. The average Bonchev–Trinajstić information content (AvgIpc) is 2.98. The second kappa shape index (κ2) is 6.71. The van der Waals surface area contributed by atoms with Crippen LogP contribution in [0.1, 0.15) is 25.7 Å². The quantitative estimate of drug-likeness (QED) is 0.831. The molecule has 0 aliphatic heterocycles. The van der Waals surface area contributed by atoms with Gasteiger partial charge in [-0.3, -0.25) is 4.79 Å². The topological polar surface area (TPSA) is 29.1 Å². The highest BCUT2D eigenvalue weighted by Crippen LogP contribution is 2.33. The summed E-state index contributed by atoms with van der Waals surface area (Å²) in [7, 11) is 0. The highest BCUT2D eigenvalue weighted by Gasteiger charge is 2.17. The summed E-state index contributed by atoms with van der Waals surface area (Å²) in [6.07, 6.45) is 4.71. The van der Waals surface area contributed by atoms with Crippen molar-refractivity contribution in [2.75, 3.05) is 5.75 Å². The number of halogens is 1. The molecule has 2 aromatic carbocycles. The van der Waals surface area contributed by atoms with E-state index in [1.165, 1.54) is 12.8 Å². The Hall–Kier alpha value is -1.19. The molecule has 0 unspecified atom stereocenters. The van der Waals surface area contributed by atoms with Gasteiger partial charge in [-0.2, -0.15) is 0 Å². The van der Waals surface area contributed by atoms with Gasteiger partial charge in [0.1, 0.15) is 0 Å². The summed E-state index contributed by atoms with van der Waals surface area (Å²) >= 11 is 7.86. The second-order valence-corrected chi connectivity index (χ2v) is 6.86. The van der Waals surface area contributed by atoms with Crippen molar-refractivity contribution >= 4 is 40.0 Å². The van der Waals surface area contributed by atoms with E-state index >= 15 is 0 Å². The molecule has 0 spiro atoms. The van der Waals surface area contributed by atoms with Gasteiger partial charge in [-0.15, -0.1) is 11.8 Å². The fourth-order valence-electron chi connectivity index (χ4n) is 2.87. The molecular formula is C17H18ClNOS. The zero-order valence-electron chi connectivity index (χ0n) is 11.8. The van der Waals surface area contributed by atoms with E-state index in [0.29, 0.717) is 11.8 Å². The summed E-state index contributed by atoms with van der Waals surface area (Å²) in [5.74, 6) is 0.567. The minimum atomic E-state index is 0.121. The van der Waals surface area contributed by atoms with Gasteiger partial charge in [-0.25, -0.2) is 0 Å². The molecule has 1 amide bonds. The second-order valence-electron chi connectivity index (χ2n) is 5.43. The Morgan fingerprint density at radius 3 is 2.67 bits per heavy atom. The number of rotatable bonds is 4. The van der Waals surface area contributed by atoms with Crippen molar-refractivity contribution in [3.05, 3.63) is 41.4 Å². The molecule has 3 rings (SSSR count). The van der Waals surface area contributed by atoms with Gasteiger partial charge in [-0.1, -0.05) is 48.7 Å². The molecule has 0 aromatic heterocycles. The molecule has 0 atom stereocenters. The summed E-state index contributed by atoms with van der Waals surface area (Å²) in [5.41, 5.74) is 0. The monoisotopic (exact) mass is 319 g/mol. The number of amides is 1. The molecule has 4 heteroatoms. The summed E-state index contributed by atoms with van der Waals surface area (Å²) in [6, 6.07) is 12.4. The van der Waals surface area contributed by atoms with Crippen LogP contribution in [-0.4, -0.2) is 17.7 Å². The third-order valence-corrected chi connectivity index (χ3v) is 5.27. The van der Waals surface area contributed by atoms with Gasteiger partial charge in [0.05, 0.1) is 5.75 Å². The van der Waals surface area contributed by atoms with E-state index in [-0.39, 0.29) is 5.91 Å². The first-order valence-electron chi connectivity index (χ1n) is 7.33. The first-order chi connectivity index (χ1) is 10.2. The van der Waals surface area contributed by atoms with Crippen LogP contribution in [0.15, 0.2) is 41.3 Å². The largest absolute Gasteiger partial charge is 0.353 e. The van der Waals surface area contributed by atoms with Crippen molar-refractivity contribution in [1.82, 2.24) is 5.32 Å². The Morgan fingerprint density at radius 1 is 1.19 bits per heavy atom. The van der Waals surface area contributed by atoms with Gasteiger partial charge in [0.15, 0.2) is 0 Å². The van der Waals surface area contributed by atoms with Crippen molar-refractivity contribution in [1.29, 1.82) is 0 Å². The van der Waals surface area contributed by atoms with Crippen molar-refractivity contribution < 1.29 is 4.79 Å². The van der Waals surface area contributed by atoms with Gasteiger partial charge in [0.25, 0.3) is 0 Å². The van der Waals surface area contributed by atoms with E-state index in [2.05, 4.69) is 5.32 Å². The molecule has 1 aliphatic rings. The van der Waals surface area contributed by atoms with Crippen molar-refractivity contribution in [2.24, 2.45) is 0 Å². The Kier molecular flexibility index (Phi) is 4.71. The maximum Gasteiger partial charge on any atom is 0.230 e. The number of fused-ring (bicyclic) bond motifs is 1. The summed E-state index contributed by atoms with van der Waals surface area (Å²) in [5, 5.41) is 6.02. The molecule has 1 saturated carbocycles. The van der Waals surface area contributed by atoms with E-state index in [1.54, 1.807) is 11.8 Å². The standard InChI is InChI=1S/C17H18ClNOS/c18-14-9-3-5-12-6-4-10-15(17(12)14)21-11-16(20)19-13-7-1-2-8-13/h3-6,9-10,13H,1-2,7-8,11H2,(H,19,20). The molecule has 2 nitrogen and oxygen atoms in total. The Labute approximate surface area is 134 Å². The van der Waals surface area contributed by atoms with Crippen molar-refractivity contribution in [3.8, 4) is 0 Å². The number of hydrogen-bond acceptors (Lipinski definition) is 2. The third-order valence-electron chi connectivity index (χ3n) is 3.89. The summed E-state index contributed by atoms with van der Waals surface area (Å²) in [4.78, 5) is 13.1. The lowest BCUT2D eigenvalue weighted by atomic mass is 10.1. The Bertz CT molecular complexity index is 647. The van der Waals surface area contributed by atoms with E-state index in [1.807, 2.05) is 36.4 Å². The van der Waals surface area contributed by atoms with Crippen molar-refractivity contribution in [2.45, 2.75) is 36.6 Å². The van der Waals surface area contributed by atoms with Crippen LogP contribution in [0.2, 0.25) is 5.02 Å². The highest BCUT2D eigenvalue weighted by atomic mass is 35.5. The number of nitrogens with one attached hydrogen (secondary N) is 1. The van der Waals surface area contributed by atoms with E-state index < -0.39 is 0 Å². The zero-order valence-corrected chi connectivity index (χ0v) is 13.3. The minimum absolute atomic E-state index is 0.121. The lowest BCUT2D eigenvalue weighted by Crippen LogP contribution is -2.33. The Balaban J connectivity index is 1.69. The molecule has 21 heavy (non-hydrogen) atoms. The maximum absolute atomic E-state index is 12.0. The van der Waals surface area contributed by atoms with Gasteiger partial charge < -0.3 is 5.32 Å². The number of carbonyl (C=O) groups is 1. The first kappa shape index (κ1) is 14.7. The van der Waals surface area contributed by atoms with Crippen LogP contribution in [-0.2, 0) is 4.79 Å². The summed E-state index contributed by atoms with van der Waals surface area (Å²) in [6.45, 7) is 0. The van der Waals surface area contributed by atoms with Crippen LogP contribution in [0, 0.1) is 0 Å². The maximum atomic E-state index is 12.0. The van der Waals surface area contributed by atoms with Crippen LogP contribution < -0.4 is 5.32 Å². The number of carbonyl (C=O) groups excluding carboxylic acids is 1. The van der Waals surface area contributed by atoms with Gasteiger partial charge in [0, 0.05) is 21.3 Å². The molecule has 1 N–H and O–H groups in total. The number of hydrogen-bond donors (Lipinski definition) is 1. The predicted molar refractivity (Wildman–Crippen MR) is 90.1 cm³/mol. The molecule has 0 heterocycles. The van der Waals surface area contributed by atoms with Gasteiger partial charge >= 0.3 is 0 Å². The fraction of sp³-hybridized carbons (Fsp3) is 0.353. The minimum Gasteiger partial charge on any atom is -0.353 e. The molecule has 110 valence electrons. The van der Waals surface area contributed by atoms with Gasteiger partial charge in [-0.05, 0) is 30.4 Å². The van der Waals surface area contributed by atoms with Crippen molar-refractivity contribution in [3.63, 3.8) is 0 Å². The normalized spacial score (nSPS) is 15.5. The van der Waals surface area contributed by atoms with Crippen LogP contribution >= 0.6 is 23.4 Å². The molecule has 1 aliphatic carbocycles. The number of benzene rings is 2. The molecule has 1 fully saturated rings. The molecule has 2 aromatic rings.